The highest BCUT2D eigenvalue weighted by molar-refractivity contribution is 5.96. The van der Waals surface area contributed by atoms with Gasteiger partial charge in [-0.05, 0) is 32.6 Å². The Balaban J connectivity index is 2.09. The maximum atomic E-state index is 12.3. The molecule has 1 aliphatic carbocycles. The molecular weight excluding hydrogens is 242 g/mol. The molecular formula is C13H21N5O. The summed E-state index contributed by atoms with van der Waals surface area (Å²) in [6.07, 6.45) is 3.53. The van der Waals surface area contributed by atoms with E-state index < -0.39 is 5.54 Å². The first kappa shape index (κ1) is 13.9. The number of amides is 1. The first-order valence-corrected chi connectivity index (χ1v) is 6.69. The minimum atomic E-state index is -0.806. The lowest BCUT2D eigenvalue weighted by molar-refractivity contribution is -0.122. The predicted molar refractivity (Wildman–Crippen MR) is 72.5 cm³/mol. The summed E-state index contributed by atoms with van der Waals surface area (Å²) in [5, 5.41) is 10.5. The van der Waals surface area contributed by atoms with Crippen LogP contribution in [0.5, 0.6) is 0 Å². The molecule has 19 heavy (non-hydrogen) atoms. The molecule has 3 N–H and O–H groups in total. The third kappa shape index (κ3) is 3.07. The molecule has 1 aromatic rings. The molecule has 104 valence electrons. The van der Waals surface area contributed by atoms with E-state index in [9.17, 15) is 4.79 Å². The molecule has 1 amide bonds. The van der Waals surface area contributed by atoms with Crippen molar-refractivity contribution in [1.82, 2.24) is 15.2 Å². The van der Waals surface area contributed by atoms with Crippen LogP contribution < -0.4 is 11.1 Å². The van der Waals surface area contributed by atoms with Gasteiger partial charge in [-0.15, -0.1) is 5.10 Å². The highest BCUT2D eigenvalue weighted by Crippen LogP contribution is 2.31. The van der Waals surface area contributed by atoms with Crippen molar-refractivity contribution in [2.45, 2.75) is 52.0 Å². The van der Waals surface area contributed by atoms with Gasteiger partial charge >= 0.3 is 0 Å². The largest absolute Gasteiger partial charge is 0.317 e. The second-order valence-electron chi connectivity index (χ2n) is 5.62. The first-order valence-electron chi connectivity index (χ1n) is 6.69. The van der Waals surface area contributed by atoms with Crippen LogP contribution in [0.4, 0.5) is 5.95 Å². The van der Waals surface area contributed by atoms with E-state index in [2.05, 4.69) is 27.4 Å². The summed E-state index contributed by atoms with van der Waals surface area (Å²) in [5.74, 6) is 0.503. The number of hydrogen-bond donors (Lipinski definition) is 2. The molecule has 0 aromatic carbocycles. The van der Waals surface area contributed by atoms with Gasteiger partial charge in [-0.2, -0.15) is 5.10 Å². The number of nitrogens with zero attached hydrogens (tertiary/aromatic N) is 3. The molecule has 6 heteroatoms. The van der Waals surface area contributed by atoms with Crippen LogP contribution in [0, 0.1) is 19.8 Å². The van der Waals surface area contributed by atoms with Gasteiger partial charge in [0.05, 0.1) is 16.9 Å². The second kappa shape index (κ2) is 5.21. The number of anilines is 1. The van der Waals surface area contributed by atoms with Crippen LogP contribution in [0.1, 0.15) is 44.0 Å². The van der Waals surface area contributed by atoms with Crippen molar-refractivity contribution in [3.05, 3.63) is 11.4 Å². The SMILES string of the molecule is Cc1nnc(NC(=O)C2(N)CCCC(C)C2)nc1C. The normalized spacial score (nSPS) is 27.1. The monoisotopic (exact) mass is 263 g/mol. The van der Waals surface area contributed by atoms with Crippen molar-refractivity contribution in [1.29, 1.82) is 0 Å². The van der Waals surface area contributed by atoms with E-state index in [-0.39, 0.29) is 11.9 Å². The van der Waals surface area contributed by atoms with Crippen molar-refractivity contribution in [2.24, 2.45) is 11.7 Å². The van der Waals surface area contributed by atoms with Gasteiger partial charge in [-0.25, -0.2) is 4.98 Å². The molecule has 2 atom stereocenters. The van der Waals surface area contributed by atoms with Crippen molar-refractivity contribution in [2.75, 3.05) is 5.32 Å². The van der Waals surface area contributed by atoms with Gasteiger partial charge in [0.2, 0.25) is 11.9 Å². The minimum Gasteiger partial charge on any atom is -0.317 e. The maximum absolute atomic E-state index is 12.3. The fourth-order valence-electron chi connectivity index (χ4n) is 2.53. The van der Waals surface area contributed by atoms with Crippen LogP contribution in [-0.4, -0.2) is 26.6 Å². The smallest absolute Gasteiger partial charge is 0.249 e. The molecule has 0 aliphatic heterocycles. The van der Waals surface area contributed by atoms with E-state index >= 15 is 0 Å². The number of nitrogens with two attached hydrogens (primary N) is 1. The van der Waals surface area contributed by atoms with E-state index in [0.717, 1.165) is 24.2 Å². The average molecular weight is 263 g/mol. The van der Waals surface area contributed by atoms with E-state index in [1.807, 2.05) is 13.8 Å². The van der Waals surface area contributed by atoms with Crippen LogP contribution >= 0.6 is 0 Å². The number of aryl methyl sites for hydroxylation is 2. The quantitative estimate of drug-likeness (QED) is 0.839. The summed E-state index contributed by atoms with van der Waals surface area (Å²) < 4.78 is 0. The van der Waals surface area contributed by atoms with E-state index in [4.69, 9.17) is 5.73 Å². The Morgan fingerprint density at radius 3 is 2.74 bits per heavy atom. The maximum Gasteiger partial charge on any atom is 0.249 e. The molecule has 6 nitrogen and oxygen atoms in total. The summed E-state index contributed by atoms with van der Waals surface area (Å²) in [6.45, 7) is 5.79. The van der Waals surface area contributed by atoms with Crippen molar-refractivity contribution in [3.63, 3.8) is 0 Å². The third-order valence-corrected chi connectivity index (χ3v) is 3.80. The standard InChI is InChI=1S/C13H21N5O/c1-8-5-4-6-13(14,7-8)11(19)16-12-15-9(2)10(3)17-18-12/h8H,4-7,14H2,1-3H3,(H,15,16,18,19). The molecule has 1 saturated carbocycles. The molecule has 2 rings (SSSR count). The number of aromatic nitrogens is 3. The van der Waals surface area contributed by atoms with Crippen LogP contribution in [0.2, 0.25) is 0 Å². The second-order valence-corrected chi connectivity index (χ2v) is 5.62. The zero-order chi connectivity index (χ0) is 14.0. The molecule has 0 saturated heterocycles. The lowest BCUT2D eigenvalue weighted by Crippen LogP contribution is -2.54. The average Bonchev–Trinajstić information content (AvgIpc) is 2.33. The Kier molecular flexibility index (Phi) is 3.80. The molecule has 1 heterocycles. The van der Waals surface area contributed by atoms with E-state index in [1.54, 1.807) is 0 Å². The van der Waals surface area contributed by atoms with Gasteiger partial charge in [0.1, 0.15) is 0 Å². The Bertz CT molecular complexity index is 490. The minimum absolute atomic E-state index is 0.205. The first-order chi connectivity index (χ1) is 8.90. The highest BCUT2D eigenvalue weighted by atomic mass is 16.2. The van der Waals surface area contributed by atoms with Crippen molar-refractivity contribution in [3.8, 4) is 0 Å². The molecule has 1 aliphatic rings. The number of hydrogen-bond acceptors (Lipinski definition) is 5. The van der Waals surface area contributed by atoms with Crippen molar-refractivity contribution >= 4 is 11.9 Å². The molecule has 0 radical (unpaired) electrons. The zero-order valence-corrected chi connectivity index (χ0v) is 11.7. The van der Waals surface area contributed by atoms with Crippen LogP contribution in [-0.2, 0) is 4.79 Å². The lowest BCUT2D eigenvalue weighted by Gasteiger charge is -2.34. The third-order valence-electron chi connectivity index (χ3n) is 3.80. The number of carbonyl (C=O) groups excluding carboxylic acids is 1. The molecule has 1 fully saturated rings. The van der Waals surface area contributed by atoms with Crippen LogP contribution in [0.25, 0.3) is 0 Å². The number of carbonyl (C=O) groups is 1. The number of rotatable bonds is 2. The Morgan fingerprint density at radius 1 is 1.37 bits per heavy atom. The Labute approximate surface area is 113 Å². The summed E-state index contributed by atoms with van der Waals surface area (Å²) >= 11 is 0. The topological polar surface area (TPSA) is 93.8 Å². The van der Waals surface area contributed by atoms with Crippen LogP contribution in [0.15, 0.2) is 0 Å². The Morgan fingerprint density at radius 2 is 2.11 bits per heavy atom. The van der Waals surface area contributed by atoms with Crippen molar-refractivity contribution < 1.29 is 4.79 Å². The van der Waals surface area contributed by atoms with E-state index in [1.165, 1.54) is 0 Å². The van der Waals surface area contributed by atoms with Crippen LogP contribution in [0.3, 0.4) is 0 Å². The fourth-order valence-corrected chi connectivity index (χ4v) is 2.53. The predicted octanol–water partition coefficient (Wildman–Crippen LogP) is 1.33. The lowest BCUT2D eigenvalue weighted by atomic mass is 9.76. The van der Waals surface area contributed by atoms with Gasteiger partial charge in [-0.3, -0.25) is 10.1 Å². The van der Waals surface area contributed by atoms with Gasteiger partial charge in [0.25, 0.3) is 0 Å². The van der Waals surface area contributed by atoms with Gasteiger partial charge in [-0.1, -0.05) is 19.8 Å². The number of nitrogens with one attached hydrogen (secondary N) is 1. The summed E-state index contributed by atoms with van der Waals surface area (Å²) in [7, 11) is 0. The summed E-state index contributed by atoms with van der Waals surface area (Å²) in [4.78, 5) is 16.5. The van der Waals surface area contributed by atoms with E-state index in [0.29, 0.717) is 18.8 Å². The van der Waals surface area contributed by atoms with Gasteiger partial charge < -0.3 is 5.73 Å². The highest BCUT2D eigenvalue weighted by Gasteiger charge is 2.38. The molecule has 0 bridgehead atoms. The summed E-state index contributed by atoms with van der Waals surface area (Å²) in [6, 6.07) is 0. The summed E-state index contributed by atoms with van der Waals surface area (Å²) in [5.41, 5.74) is 6.93. The molecule has 1 aromatic heterocycles. The van der Waals surface area contributed by atoms with Gasteiger partial charge in [0, 0.05) is 0 Å². The fraction of sp³-hybridized carbons (Fsp3) is 0.692. The molecule has 2 unspecified atom stereocenters. The Hall–Kier alpha value is -1.56. The van der Waals surface area contributed by atoms with Gasteiger partial charge in [0.15, 0.2) is 0 Å². The molecule has 0 spiro atoms. The zero-order valence-electron chi connectivity index (χ0n) is 11.7.